The zero-order valence-corrected chi connectivity index (χ0v) is 15.0. The zero-order valence-electron chi connectivity index (χ0n) is 13.4. The number of nitrogens with one attached hydrogen (secondary N) is 2. The molecule has 1 aromatic heterocycles. The van der Waals surface area contributed by atoms with Crippen LogP contribution in [0.2, 0.25) is 0 Å². The Morgan fingerprint density at radius 2 is 2.08 bits per heavy atom. The number of hydrogen-bond donors (Lipinski definition) is 3. The summed E-state index contributed by atoms with van der Waals surface area (Å²) in [5.41, 5.74) is 0.140. The van der Waals surface area contributed by atoms with Crippen molar-refractivity contribution >= 4 is 33.7 Å². The summed E-state index contributed by atoms with van der Waals surface area (Å²) in [4.78, 5) is 20.5. The van der Waals surface area contributed by atoms with Crippen molar-refractivity contribution in [1.82, 2.24) is 9.97 Å². The first kappa shape index (κ1) is 18.4. The molecule has 1 fully saturated rings. The van der Waals surface area contributed by atoms with E-state index in [2.05, 4.69) is 31.2 Å². The maximum Gasteiger partial charge on any atom is 0.280 e. The van der Waals surface area contributed by atoms with Crippen LogP contribution in [0.3, 0.4) is 0 Å². The summed E-state index contributed by atoms with van der Waals surface area (Å²) in [7, 11) is 0. The van der Waals surface area contributed by atoms with Crippen molar-refractivity contribution in [2.24, 2.45) is 0 Å². The van der Waals surface area contributed by atoms with Gasteiger partial charge in [0.05, 0.1) is 5.69 Å². The van der Waals surface area contributed by atoms with Crippen LogP contribution >= 0.6 is 15.9 Å². The highest BCUT2D eigenvalue weighted by Gasteiger charge is 2.30. The number of halogens is 3. The Morgan fingerprint density at radius 1 is 1.35 bits per heavy atom. The van der Waals surface area contributed by atoms with Gasteiger partial charge in [-0.05, 0) is 37.1 Å². The number of aromatic nitrogens is 2. The lowest BCUT2D eigenvalue weighted by Crippen LogP contribution is -2.24. The van der Waals surface area contributed by atoms with Gasteiger partial charge in [0.25, 0.3) is 6.43 Å². The third-order valence-electron chi connectivity index (χ3n) is 3.95. The fourth-order valence-electron chi connectivity index (χ4n) is 2.43. The number of rotatable bonds is 6. The number of phenolic OH excluding ortho intramolecular Hbond substituents is 1. The number of amides is 1. The number of phenols is 1. The number of anilines is 1. The molecule has 1 unspecified atom stereocenters. The minimum absolute atomic E-state index is 0.0952. The van der Waals surface area contributed by atoms with Crippen molar-refractivity contribution in [2.45, 2.75) is 31.1 Å². The van der Waals surface area contributed by atoms with Crippen LogP contribution in [-0.4, -0.2) is 27.2 Å². The maximum absolute atomic E-state index is 13.1. The molecule has 1 aliphatic rings. The normalized spacial score (nSPS) is 14.9. The van der Waals surface area contributed by atoms with E-state index in [4.69, 9.17) is 5.41 Å². The van der Waals surface area contributed by atoms with E-state index in [1.807, 2.05) is 0 Å². The predicted octanol–water partition coefficient (Wildman–Crippen LogP) is 4.13. The van der Waals surface area contributed by atoms with Crippen LogP contribution in [0.4, 0.5) is 14.5 Å². The summed E-state index contributed by atoms with van der Waals surface area (Å²) in [5.74, 6) is -2.15. The first-order valence-corrected chi connectivity index (χ1v) is 8.65. The van der Waals surface area contributed by atoms with Crippen LogP contribution in [0, 0.1) is 5.41 Å². The Bertz CT molecular complexity index is 838. The zero-order chi connectivity index (χ0) is 18.8. The molecule has 1 amide bonds. The smallest absolute Gasteiger partial charge is 0.280 e. The molecule has 0 radical (unpaired) electrons. The summed E-state index contributed by atoms with van der Waals surface area (Å²) in [5, 5.41) is 19.8. The van der Waals surface area contributed by atoms with Crippen molar-refractivity contribution in [3.05, 3.63) is 46.0 Å². The van der Waals surface area contributed by atoms with Gasteiger partial charge in [0, 0.05) is 22.3 Å². The third-order valence-corrected chi connectivity index (χ3v) is 4.44. The van der Waals surface area contributed by atoms with Crippen LogP contribution in [0.25, 0.3) is 0 Å². The van der Waals surface area contributed by atoms with Crippen LogP contribution < -0.4 is 5.32 Å². The van der Waals surface area contributed by atoms with E-state index in [-0.39, 0.29) is 23.2 Å². The quantitative estimate of drug-likeness (QED) is 0.479. The molecule has 0 saturated heterocycles. The van der Waals surface area contributed by atoms with Crippen LogP contribution in [0.5, 0.6) is 5.75 Å². The molecule has 1 atom stereocenters. The molecule has 9 heteroatoms. The number of nitrogens with zero attached hydrogens (tertiary/aromatic N) is 2. The lowest BCUT2D eigenvalue weighted by Gasteiger charge is -2.14. The SMILES string of the molecule is N=CC(C(=O)Nc1cc(Br)ccc1O)c1nc(C(F)F)cc(C2CC2)n1. The summed E-state index contributed by atoms with van der Waals surface area (Å²) in [6, 6.07) is 5.72. The van der Waals surface area contributed by atoms with E-state index in [1.54, 1.807) is 6.07 Å². The van der Waals surface area contributed by atoms with E-state index in [0.29, 0.717) is 10.2 Å². The minimum Gasteiger partial charge on any atom is -0.506 e. The molecule has 0 spiro atoms. The highest BCUT2D eigenvalue weighted by atomic mass is 79.9. The molecule has 6 nitrogen and oxygen atoms in total. The molecule has 0 bridgehead atoms. The van der Waals surface area contributed by atoms with Crippen molar-refractivity contribution < 1.29 is 18.7 Å². The van der Waals surface area contributed by atoms with Gasteiger partial charge in [-0.15, -0.1) is 0 Å². The molecule has 1 aromatic carbocycles. The molecule has 0 aliphatic heterocycles. The Morgan fingerprint density at radius 3 is 2.69 bits per heavy atom. The van der Waals surface area contributed by atoms with Gasteiger partial charge in [-0.25, -0.2) is 18.7 Å². The standard InChI is InChI=1S/C17H15BrF2N4O2/c18-9-3-4-14(25)12(5-9)24-17(26)10(7-21)16-22-11(8-1-2-8)6-13(23-16)15(19)20/h3-8,10,15,21,25H,1-2H2,(H,24,26). The van der Waals surface area contributed by atoms with E-state index < -0.39 is 23.9 Å². The predicted molar refractivity (Wildman–Crippen MR) is 94.9 cm³/mol. The molecule has 1 saturated carbocycles. The highest BCUT2D eigenvalue weighted by molar-refractivity contribution is 9.10. The summed E-state index contributed by atoms with van der Waals surface area (Å²) >= 11 is 3.23. The Labute approximate surface area is 156 Å². The minimum atomic E-state index is -2.79. The summed E-state index contributed by atoms with van der Waals surface area (Å²) in [6.07, 6.45) is -0.289. The largest absolute Gasteiger partial charge is 0.506 e. The number of hydrogen-bond acceptors (Lipinski definition) is 5. The fraction of sp³-hybridized carbons (Fsp3) is 0.294. The fourth-order valence-corrected chi connectivity index (χ4v) is 2.79. The maximum atomic E-state index is 13.1. The van der Waals surface area contributed by atoms with Crippen molar-refractivity contribution in [2.75, 3.05) is 5.32 Å². The Hall–Kier alpha value is -2.42. The second-order valence-corrected chi connectivity index (χ2v) is 6.86. The molecular formula is C17H15BrF2N4O2. The molecule has 136 valence electrons. The van der Waals surface area contributed by atoms with Crippen LogP contribution in [0.1, 0.15) is 48.3 Å². The lowest BCUT2D eigenvalue weighted by atomic mass is 10.1. The number of carbonyl (C=O) groups is 1. The molecule has 26 heavy (non-hydrogen) atoms. The molecule has 1 aliphatic carbocycles. The first-order valence-electron chi connectivity index (χ1n) is 7.86. The summed E-state index contributed by atoms with van der Waals surface area (Å²) in [6.45, 7) is 0. The van der Waals surface area contributed by atoms with Gasteiger partial charge < -0.3 is 15.8 Å². The van der Waals surface area contributed by atoms with Crippen LogP contribution in [-0.2, 0) is 4.79 Å². The average Bonchev–Trinajstić information content (AvgIpc) is 3.43. The Balaban J connectivity index is 1.91. The van der Waals surface area contributed by atoms with Crippen molar-refractivity contribution in [1.29, 1.82) is 5.41 Å². The second-order valence-electron chi connectivity index (χ2n) is 5.95. The topological polar surface area (TPSA) is 99.0 Å². The van der Waals surface area contributed by atoms with E-state index in [1.165, 1.54) is 18.2 Å². The molecule has 3 N–H and O–H groups in total. The second kappa shape index (κ2) is 7.45. The van der Waals surface area contributed by atoms with Crippen molar-refractivity contribution in [3.8, 4) is 5.75 Å². The van der Waals surface area contributed by atoms with Crippen molar-refractivity contribution in [3.63, 3.8) is 0 Å². The Kier molecular flexibility index (Phi) is 5.26. The van der Waals surface area contributed by atoms with Crippen LogP contribution in [0.15, 0.2) is 28.7 Å². The monoisotopic (exact) mass is 424 g/mol. The van der Waals surface area contributed by atoms with Gasteiger partial charge in [0.15, 0.2) is 0 Å². The highest BCUT2D eigenvalue weighted by Crippen LogP contribution is 2.40. The molecular weight excluding hydrogens is 410 g/mol. The van der Waals surface area contributed by atoms with E-state index >= 15 is 0 Å². The van der Waals surface area contributed by atoms with Gasteiger partial charge in [-0.1, -0.05) is 15.9 Å². The number of benzene rings is 1. The van der Waals surface area contributed by atoms with Gasteiger partial charge in [-0.2, -0.15) is 0 Å². The third kappa shape index (κ3) is 4.04. The van der Waals surface area contributed by atoms with Gasteiger partial charge >= 0.3 is 0 Å². The molecule has 3 rings (SSSR count). The van der Waals surface area contributed by atoms with Gasteiger partial charge in [0.1, 0.15) is 23.2 Å². The van der Waals surface area contributed by atoms with Gasteiger partial charge in [0.2, 0.25) is 5.91 Å². The molecule has 2 aromatic rings. The number of carbonyl (C=O) groups excluding carboxylic acids is 1. The van der Waals surface area contributed by atoms with Gasteiger partial charge in [-0.3, -0.25) is 4.79 Å². The number of aromatic hydroxyl groups is 1. The average molecular weight is 425 g/mol. The first-order chi connectivity index (χ1) is 12.4. The summed E-state index contributed by atoms with van der Waals surface area (Å²) < 4.78 is 26.9. The van der Waals surface area contributed by atoms with E-state index in [9.17, 15) is 18.7 Å². The molecule has 1 heterocycles. The lowest BCUT2D eigenvalue weighted by molar-refractivity contribution is -0.116. The number of alkyl halides is 2. The van der Waals surface area contributed by atoms with E-state index in [0.717, 1.165) is 19.1 Å².